The minimum atomic E-state index is 0.148. The highest BCUT2D eigenvalue weighted by Gasteiger charge is 2.44. The molecule has 100 valence electrons. The van der Waals surface area contributed by atoms with Gasteiger partial charge in [0, 0.05) is 24.7 Å². The quantitative estimate of drug-likeness (QED) is 0.661. The first-order chi connectivity index (χ1) is 8.25. The molecule has 0 heterocycles. The predicted octanol–water partition coefficient (Wildman–Crippen LogP) is 1.64. The summed E-state index contributed by atoms with van der Waals surface area (Å²) < 4.78 is 0. The van der Waals surface area contributed by atoms with E-state index in [1.165, 1.54) is 38.5 Å². The molecule has 2 fully saturated rings. The second kappa shape index (κ2) is 5.68. The molecule has 0 saturated heterocycles. The largest absolute Gasteiger partial charge is 0.396 e. The lowest BCUT2D eigenvalue weighted by Crippen LogP contribution is -2.59. The highest BCUT2D eigenvalue weighted by atomic mass is 16.3. The van der Waals surface area contributed by atoms with Crippen molar-refractivity contribution in [2.45, 2.75) is 63.5 Å². The fraction of sp³-hybridized carbons (Fsp3) is 1.00. The lowest BCUT2D eigenvalue weighted by molar-refractivity contribution is 0.119. The Morgan fingerprint density at radius 3 is 2.47 bits per heavy atom. The Kier molecular flexibility index (Phi) is 4.45. The fourth-order valence-corrected chi connectivity index (χ4v) is 3.50. The molecule has 0 aromatic heterocycles. The van der Waals surface area contributed by atoms with E-state index in [1.54, 1.807) is 0 Å². The SMILES string of the molecule is CCC(CN)(NC1CCCCC1CO)C1CC1. The summed E-state index contributed by atoms with van der Waals surface area (Å²) in [5.74, 6) is 1.22. The van der Waals surface area contributed by atoms with Crippen molar-refractivity contribution in [3.8, 4) is 0 Å². The molecule has 2 aliphatic carbocycles. The zero-order chi connectivity index (χ0) is 12.3. The van der Waals surface area contributed by atoms with Crippen LogP contribution in [0.25, 0.3) is 0 Å². The minimum absolute atomic E-state index is 0.148. The lowest BCUT2D eigenvalue weighted by Gasteiger charge is -2.41. The van der Waals surface area contributed by atoms with Crippen LogP contribution < -0.4 is 11.1 Å². The van der Waals surface area contributed by atoms with E-state index < -0.39 is 0 Å². The Balaban J connectivity index is 2.00. The van der Waals surface area contributed by atoms with Crippen molar-refractivity contribution in [1.82, 2.24) is 5.32 Å². The highest BCUT2D eigenvalue weighted by molar-refractivity contribution is 5.03. The zero-order valence-corrected chi connectivity index (χ0v) is 11.1. The van der Waals surface area contributed by atoms with Gasteiger partial charge < -0.3 is 16.2 Å². The van der Waals surface area contributed by atoms with Crippen molar-refractivity contribution in [3.63, 3.8) is 0 Å². The molecule has 2 rings (SSSR count). The second-order valence-corrected chi connectivity index (χ2v) is 5.97. The van der Waals surface area contributed by atoms with Gasteiger partial charge in [-0.25, -0.2) is 0 Å². The first-order valence-corrected chi connectivity index (χ1v) is 7.34. The third kappa shape index (κ3) is 2.83. The summed E-state index contributed by atoms with van der Waals surface area (Å²) in [5, 5.41) is 13.3. The van der Waals surface area contributed by atoms with Crippen LogP contribution in [0.5, 0.6) is 0 Å². The molecule has 3 atom stereocenters. The Bertz CT molecular complexity index is 236. The van der Waals surface area contributed by atoms with Gasteiger partial charge in [0.2, 0.25) is 0 Å². The van der Waals surface area contributed by atoms with Crippen LogP contribution in [0.15, 0.2) is 0 Å². The van der Waals surface area contributed by atoms with Gasteiger partial charge in [-0.05, 0) is 43.9 Å². The number of hydrogen-bond acceptors (Lipinski definition) is 3. The summed E-state index contributed by atoms with van der Waals surface area (Å²) in [7, 11) is 0. The van der Waals surface area contributed by atoms with E-state index in [9.17, 15) is 5.11 Å². The summed E-state index contributed by atoms with van der Waals surface area (Å²) in [6, 6.07) is 0.484. The topological polar surface area (TPSA) is 58.3 Å². The molecule has 0 amide bonds. The molecular weight excluding hydrogens is 212 g/mol. The van der Waals surface area contributed by atoms with Crippen molar-refractivity contribution < 1.29 is 5.11 Å². The monoisotopic (exact) mass is 240 g/mol. The molecule has 0 radical (unpaired) electrons. The van der Waals surface area contributed by atoms with Crippen LogP contribution >= 0.6 is 0 Å². The molecule has 0 aliphatic heterocycles. The van der Waals surface area contributed by atoms with Crippen LogP contribution in [0.2, 0.25) is 0 Å². The van der Waals surface area contributed by atoms with E-state index >= 15 is 0 Å². The molecular formula is C14H28N2O. The van der Waals surface area contributed by atoms with Crippen molar-refractivity contribution in [1.29, 1.82) is 0 Å². The predicted molar refractivity (Wildman–Crippen MR) is 70.8 cm³/mol. The van der Waals surface area contributed by atoms with E-state index in [0.29, 0.717) is 18.6 Å². The number of aliphatic hydroxyl groups is 1. The third-order valence-electron chi connectivity index (χ3n) is 4.97. The van der Waals surface area contributed by atoms with Gasteiger partial charge >= 0.3 is 0 Å². The highest BCUT2D eigenvalue weighted by Crippen LogP contribution is 2.42. The summed E-state index contributed by atoms with van der Waals surface area (Å²) in [5.41, 5.74) is 6.19. The van der Waals surface area contributed by atoms with Gasteiger partial charge in [-0.1, -0.05) is 19.8 Å². The molecule has 3 nitrogen and oxygen atoms in total. The molecule has 4 N–H and O–H groups in total. The normalized spacial score (nSPS) is 33.4. The van der Waals surface area contributed by atoms with Gasteiger partial charge in [0.05, 0.1) is 0 Å². The standard InChI is InChI=1S/C14H28N2O/c1-2-14(10-15,12-7-8-12)16-13-6-4-3-5-11(13)9-17/h11-13,16-17H,2-10,15H2,1H3. The molecule has 2 aliphatic rings. The Hall–Kier alpha value is -0.120. The molecule has 3 heteroatoms. The Labute approximate surface area is 105 Å². The summed E-state index contributed by atoms with van der Waals surface area (Å²) in [4.78, 5) is 0. The first kappa shape index (κ1) is 13.3. The molecule has 0 spiro atoms. The molecule has 2 saturated carbocycles. The minimum Gasteiger partial charge on any atom is -0.396 e. The van der Waals surface area contributed by atoms with E-state index in [-0.39, 0.29) is 5.54 Å². The lowest BCUT2D eigenvalue weighted by atomic mass is 9.81. The Morgan fingerprint density at radius 1 is 1.24 bits per heavy atom. The van der Waals surface area contributed by atoms with Crippen molar-refractivity contribution >= 4 is 0 Å². The average molecular weight is 240 g/mol. The van der Waals surface area contributed by atoms with Gasteiger partial charge in [-0.2, -0.15) is 0 Å². The summed E-state index contributed by atoms with van der Waals surface area (Å²) in [6.45, 7) is 3.31. The maximum Gasteiger partial charge on any atom is 0.0474 e. The smallest absolute Gasteiger partial charge is 0.0474 e. The number of hydrogen-bond donors (Lipinski definition) is 3. The zero-order valence-electron chi connectivity index (χ0n) is 11.1. The van der Waals surface area contributed by atoms with Crippen LogP contribution in [-0.2, 0) is 0 Å². The van der Waals surface area contributed by atoms with Gasteiger partial charge in [0.25, 0.3) is 0 Å². The van der Waals surface area contributed by atoms with Crippen LogP contribution in [-0.4, -0.2) is 29.8 Å². The summed E-state index contributed by atoms with van der Waals surface area (Å²) in [6.07, 6.45) is 8.71. The average Bonchev–Trinajstić information content (AvgIpc) is 3.21. The van der Waals surface area contributed by atoms with E-state index in [0.717, 1.165) is 18.9 Å². The van der Waals surface area contributed by atoms with Gasteiger partial charge in [-0.3, -0.25) is 0 Å². The molecule has 0 aromatic rings. The van der Waals surface area contributed by atoms with Crippen LogP contribution in [0.3, 0.4) is 0 Å². The molecule has 17 heavy (non-hydrogen) atoms. The fourth-order valence-electron chi connectivity index (χ4n) is 3.50. The number of nitrogens with two attached hydrogens (primary N) is 1. The number of rotatable bonds is 6. The number of aliphatic hydroxyl groups excluding tert-OH is 1. The number of nitrogens with one attached hydrogen (secondary N) is 1. The molecule has 0 bridgehead atoms. The maximum absolute atomic E-state index is 9.49. The van der Waals surface area contributed by atoms with Gasteiger partial charge in [-0.15, -0.1) is 0 Å². The van der Waals surface area contributed by atoms with Crippen molar-refractivity contribution in [2.75, 3.05) is 13.2 Å². The second-order valence-electron chi connectivity index (χ2n) is 5.97. The summed E-state index contributed by atoms with van der Waals surface area (Å²) >= 11 is 0. The van der Waals surface area contributed by atoms with E-state index in [2.05, 4.69) is 12.2 Å². The Morgan fingerprint density at radius 2 is 1.94 bits per heavy atom. The van der Waals surface area contributed by atoms with Gasteiger partial charge in [0.15, 0.2) is 0 Å². The van der Waals surface area contributed by atoms with Crippen molar-refractivity contribution in [2.24, 2.45) is 17.6 Å². The van der Waals surface area contributed by atoms with Crippen LogP contribution in [0.4, 0.5) is 0 Å². The first-order valence-electron chi connectivity index (χ1n) is 7.34. The van der Waals surface area contributed by atoms with Crippen LogP contribution in [0, 0.1) is 11.8 Å². The van der Waals surface area contributed by atoms with E-state index in [4.69, 9.17) is 5.73 Å². The van der Waals surface area contributed by atoms with E-state index in [1.807, 2.05) is 0 Å². The van der Waals surface area contributed by atoms with Crippen LogP contribution in [0.1, 0.15) is 51.9 Å². The third-order valence-corrected chi connectivity index (χ3v) is 4.97. The van der Waals surface area contributed by atoms with Crippen molar-refractivity contribution in [3.05, 3.63) is 0 Å². The molecule has 0 aromatic carbocycles. The maximum atomic E-state index is 9.49. The van der Waals surface area contributed by atoms with Gasteiger partial charge in [0.1, 0.15) is 0 Å². The molecule has 3 unspecified atom stereocenters.